The predicted molar refractivity (Wildman–Crippen MR) is 112 cm³/mol. The molecule has 0 unspecified atom stereocenters. The van der Waals surface area contributed by atoms with E-state index in [9.17, 15) is 13.6 Å². The van der Waals surface area contributed by atoms with Crippen molar-refractivity contribution in [3.8, 4) is 11.1 Å². The quantitative estimate of drug-likeness (QED) is 0.401. The summed E-state index contributed by atoms with van der Waals surface area (Å²) in [5.74, 6) is 0.826. The molecule has 31 heavy (non-hydrogen) atoms. The van der Waals surface area contributed by atoms with Crippen LogP contribution in [-0.4, -0.2) is 49.8 Å². The average Bonchev–Trinajstić information content (AvgIpc) is 3.34. The average molecular weight is 425 g/mol. The van der Waals surface area contributed by atoms with Crippen LogP contribution in [0.3, 0.4) is 0 Å². The highest BCUT2D eigenvalue weighted by Gasteiger charge is 2.20. The van der Waals surface area contributed by atoms with Gasteiger partial charge in [0.2, 0.25) is 5.95 Å². The number of carbonyl (C=O) groups is 1. The van der Waals surface area contributed by atoms with Crippen molar-refractivity contribution in [2.75, 3.05) is 18.4 Å². The molecule has 10 heteroatoms. The number of hydrogen-bond donors (Lipinski definition) is 3. The minimum absolute atomic E-state index is 0.191. The van der Waals surface area contributed by atoms with Crippen molar-refractivity contribution in [1.82, 2.24) is 29.7 Å². The summed E-state index contributed by atoms with van der Waals surface area (Å²) in [5.41, 5.74) is 3.13. The van der Waals surface area contributed by atoms with Gasteiger partial charge in [0.1, 0.15) is 17.0 Å². The molecule has 0 radical (unpaired) electrons. The molecule has 0 saturated heterocycles. The van der Waals surface area contributed by atoms with Crippen LogP contribution in [0.1, 0.15) is 29.8 Å². The number of carbonyl (C=O) groups excluding carboxylic acids is 1. The Labute approximate surface area is 176 Å². The molecule has 3 N–H and O–H groups in total. The lowest BCUT2D eigenvalue weighted by molar-refractivity contribution is 0.0886. The lowest BCUT2D eigenvalue weighted by Crippen LogP contribution is -2.29. The Balaban J connectivity index is 1.41. The number of pyridine rings is 1. The van der Waals surface area contributed by atoms with Gasteiger partial charge in [-0.2, -0.15) is 4.98 Å². The predicted octanol–water partition coefficient (Wildman–Crippen LogP) is 3.48. The van der Waals surface area contributed by atoms with Crippen LogP contribution in [0.2, 0.25) is 0 Å². The molecule has 4 heterocycles. The summed E-state index contributed by atoms with van der Waals surface area (Å²) in [6.07, 6.45) is 7.89. The van der Waals surface area contributed by atoms with Gasteiger partial charge in [0.15, 0.2) is 0 Å². The maximum absolute atomic E-state index is 12.4. The fourth-order valence-electron chi connectivity index (χ4n) is 3.59. The first-order valence-electron chi connectivity index (χ1n) is 10.2. The summed E-state index contributed by atoms with van der Waals surface area (Å²) in [5, 5.41) is 6.32. The molecule has 160 valence electrons. The van der Waals surface area contributed by atoms with Gasteiger partial charge in [-0.05, 0) is 24.5 Å². The van der Waals surface area contributed by atoms with Crippen LogP contribution < -0.4 is 10.6 Å². The zero-order valence-corrected chi connectivity index (χ0v) is 16.6. The lowest BCUT2D eigenvalue weighted by Gasteiger charge is -2.06. The highest BCUT2D eigenvalue weighted by molar-refractivity contribution is 5.95. The molecule has 1 saturated carbocycles. The SMILES string of the molecule is O=C(NCC(F)F)c1cnc2ccc(-c3c[nH]c4nc(NCCC5CC5)ncc34)cn12. The molecule has 0 aliphatic heterocycles. The summed E-state index contributed by atoms with van der Waals surface area (Å²) in [6, 6.07) is 3.65. The monoisotopic (exact) mass is 425 g/mol. The Morgan fingerprint density at radius 2 is 2.13 bits per heavy atom. The van der Waals surface area contributed by atoms with Crippen molar-refractivity contribution >= 4 is 28.5 Å². The van der Waals surface area contributed by atoms with Crippen LogP contribution in [-0.2, 0) is 0 Å². The Morgan fingerprint density at radius 3 is 2.94 bits per heavy atom. The van der Waals surface area contributed by atoms with Gasteiger partial charge in [-0.3, -0.25) is 9.20 Å². The van der Waals surface area contributed by atoms with Gasteiger partial charge in [0.05, 0.1) is 12.7 Å². The van der Waals surface area contributed by atoms with Gasteiger partial charge < -0.3 is 15.6 Å². The standard InChI is InChI=1S/C21H21F2N7O/c22-17(23)10-27-20(31)16-9-25-18-4-3-13(11-30(16)18)14-7-26-19-15(14)8-28-21(29-19)24-6-5-12-1-2-12/h3-4,7-9,11-12,17H,1-2,5-6,10H2,(H,27,31)(H2,24,26,28,29). The van der Waals surface area contributed by atoms with E-state index in [1.807, 2.05) is 12.3 Å². The van der Waals surface area contributed by atoms with Crippen molar-refractivity contribution in [2.24, 2.45) is 5.92 Å². The highest BCUT2D eigenvalue weighted by Crippen LogP contribution is 2.32. The van der Waals surface area contributed by atoms with E-state index in [1.165, 1.54) is 19.0 Å². The van der Waals surface area contributed by atoms with Crippen LogP contribution >= 0.6 is 0 Å². The van der Waals surface area contributed by atoms with E-state index in [-0.39, 0.29) is 5.69 Å². The van der Waals surface area contributed by atoms with E-state index in [0.29, 0.717) is 17.2 Å². The van der Waals surface area contributed by atoms with Crippen molar-refractivity contribution in [1.29, 1.82) is 0 Å². The minimum atomic E-state index is -2.61. The first-order valence-corrected chi connectivity index (χ1v) is 10.2. The second-order valence-electron chi connectivity index (χ2n) is 7.71. The fourth-order valence-corrected chi connectivity index (χ4v) is 3.59. The number of alkyl halides is 2. The number of H-pyrrole nitrogens is 1. The highest BCUT2D eigenvalue weighted by atomic mass is 19.3. The third-order valence-corrected chi connectivity index (χ3v) is 5.43. The van der Waals surface area contributed by atoms with E-state index in [0.717, 1.165) is 35.4 Å². The van der Waals surface area contributed by atoms with E-state index in [4.69, 9.17) is 0 Å². The van der Waals surface area contributed by atoms with E-state index < -0.39 is 18.9 Å². The number of nitrogens with zero attached hydrogens (tertiary/aromatic N) is 4. The number of rotatable bonds is 8. The van der Waals surface area contributed by atoms with Crippen molar-refractivity contribution in [2.45, 2.75) is 25.7 Å². The van der Waals surface area contributed by atoms with E-state index >= 15 is 0 Å². The largest absolute Gasteiger partial charge is 0.354 e. The number of aromatic nitrogens is 5. The molecule has 1 aliphatic rings. The summed E-state index contributed by atoms with van der Waals surface area (Å²) in [4.78, 5) is 28.6. The molecule has 4 aromatic heterocycles. The number of halogens is 2. The van der Waals surface area contributed by atoms with Gasteiger partial charge in [-0.15, -0.1) is 0 Å². The number of hydrogen-bond acceptors (Lipinski definition) is 5. The van der Waals surface area contributed by atoms with Gasteiger partial charge >= 0.3 is 0 Å². The number of amides is 1. The third-order valence-electron chi connectivity index (χ3n) is 5.43. The number of fused-ring (bicyclic) bond motifs is 2. The Kier molecular flexibility index (Phi) is 4.97. The molecule has 1 amide bonds. The zero-order valence-electron chi connectivity index (χ0n) is 16.6. The van der Waals surface area contributed by atoms with Crippen molar-refractivity contribution < 1.29 is 13.6 Å². The summed E-state index contributed by atoms with van der Waals surface area (Å²) in [6.45, 7) is 0.153. The first-order chi connectivity index (χ1) is 15.1. The topological polar surface area (TPSA) is 100 Å². The summed E-state index contributed by atoms with van der Waals surface area (Å²) in [7, 11) is 0. The van der Waals surface area contributed by atoms with Gasteiger partial charge in [-0.1, -0.05) is 12.8 Å². The smallest absolute Gasteiger partial charge is 0.270 e. The Hall–Kier alpha value is -3.56. The maximum Gasteiger partial charge on any atom is 0.270 e. The molecular weight excluding hydrogens is 404 g/mol. The van der Waals surface area contributed by atoms with Crippen LogP contribution in [0.5, 0.6) is 0 Å². The number of nitrogens with one attached hydrogen (secondary N) is 3. The van der Waals surface area contributed by atoms with Gasteiger partial charge in [-0.25, -0.2) is 18.7 Å². The van der Waals surface area contributed by atoms with E-state index in [2.05, 4.69) is 30.6 Å². The summed E-state index contributed by atoms with van der Waals surface area (Å²) < 4.78 is 26.4. The Morgan fingerprint density at radius 1 is 1.26 bits per heavy atom. The maximum atomic E-state index is 12.4. The molecule has 0 atom stereocenters. The molecule has 0 bridgehead atoms. The zero-order chi connectivity index (χ0) is 21.4. The molecular formula is C21H21F2N7O. The third kappa shape index (κ3) is 4.05. The molecule has 5 rings (SSSR count). The number of anilines is 1. The number of imidazole rings is 1. The second kappa shape index (κ2) is 7.93. The fraction of sp³-hybridized carbons (Fsp3) is 0.333. The lowest BCUT2D eigenvalue weighted by atomic mass is 10.1. The van der Waals surface area contributed by atoms with Crippen LogP contribution in [0.25, 0.3) is 27.8 Å². The van der Waals surface area contributed by atoms with Crippen molar-refractivity contribution in [3.05, 3.63) is 42.6 Å². The molecule has 1 fully saturated rings. The molecule has 8 nitrogen and oxygen atoms in total. The molecule has 0 aromatic carbocycles. The van der Waals surface area contributed by atoms with Crippen molar-refractivity contribution in [3.63, 3.8) is 0 Å². The minimum Gasteiger partial charge on any atom is -0.354 e. The number of aromatic amines is 1. The molecule has 0 spiro atoms. The van der Waals surface area contributed by atoms with Crippen LogP contribution in [0.15, 0.2) is 36.9 Å². The summed E-state index contributed by atoms with van der Waals surface area (Å²) >= 11 is 0. The van der Waals surface area contributed by atoms with E-state index in [1.54, 1.807) is 22.9 Å². The molecule has 1 aliphatic carbocycles. The first kappa shape index (κ1) is 19.4. The normalized spacial score (nSPS) is 13.9. The van der Waals surface area contributed by atoms with Crippen LogP contribution in [0, 0.1) is 5.92 Å². The van der Waals surface area contributed by atoms with Gasteiger partial charge in [0.25, 0.3) is 12.3 Å². The van der Waals surface area contributed by atoms with Crippen LogP contribution in [0.4, 0.5) is 14.7 Å². The Bertz CT molecular complexity index is 1250. The van der Waals surface area contributed by atoms with Gasteiger partial charge in [0, 0.05) is 41.6 Å². The molecule has 4 aromatic rings. The second-order valence-corrected chi connectivity index (χ2v) is 7.71.